The molecule has 0 N–H and O–H groups in total. The number of hydrogen-bond donors (Lipinski definition) is 0. The van der Waals surface area contributed by atoms with E-state index < -0.39 is 0 Å². The Morgan fingerprint density at radius 1 is 0.714 bits per heavy atom. The van der Waals surface area contributed by atoms with E-state index in [1.807, 2.05) is 0 Å². The van der Waals surface area contributed by atoms with Crippen molar-refractivity contribution in [3.05, 3.63) is 47.8 Å². The molecule has 0 aromatic carbocycles. The van der Waals surface area contributed by atoms with Crippen LogP contribution in [0.3, 0.4) is 0 Å². The standard InChI is InChI=1S/C20H22N4S4/c1-5-25-19-17(15-11-7-9-13(3)23(15)21-19)27-28-18-16-12-8-10-14(4)24(16)22-20(18)26-6-2/h7-12H,5-6H2,1-4H3. The number of thioether (sulfide) groups is 2. The summed E-state index contributed by atoms with van der Waals surface area (Å²) in [4.78, 5) is 2.47. The number of rotatable bonds is 7. The first-order valence-electron chi connectivity index (χ1n) is 9.20. The zero-order valence-corrected chi connectivity index (χ0v) is 19.6. The summed E-state index contributed by atoms with van der Waals surface area (Å²) in [6, 6.07) is 12.7. The highest BCUT2D eigenvalue weighted by Crippen LogP contribution is 2.47. The van der Waals surface area contributed by atoms with E-state index in [0.29, 0.717) is 0 Å². The Morgan fingerprint density at radius 2 is 1.14 bits per heavy atom. The summed E-state index contributed by atoms with van der Waals surface area (Å²) in [6.07, 6.45) is 0. The molecular formula is C20H22N4S4. The monoisotopic (exact) mass is 446 g/mol. The van der Waals surface area contributed by atoms with Gasteiger partial charge in [-0.3, -0.25) is 0 Å². The quantitative estimate of drug-likeness (QED) is 0.234. The van der Waals surface area contributed by atoms with Crippen molar-refractivity contribution in [2.45, 2.75) is 47.5 Å². The van der Waals surface area contributed by atoms with Gasteiger partial charge in [0.1, 0.15) is 10.1 Å². The summed E-state index contributed by atoms with van der Waals surface area (Å²) in [5.74, 6) is 2.02. The first-order valence-corrected chi connectivity index (χ1v) is 13.3. The Balaban J connectivity index is 1.76. The van der Waals surface area contributed by atoms with E-state index in [-0.39, 0.29) is 0 Å². The summed E-state index contributed by atoms with van der Waals surface area (Å²) >= 11 is 3.60. The van der Waals surface area contributed by atoms with Gasteiger partial charge >= 0.3 is 0 Å². The van der Waals surface area contributed by atoms with Gasteiger partial charge in [-0.25, -0.2) is 9.03 Å². The molecule has 0 aliphatic rings. The Bertz CT molecular complexity index is 1040. The molecule has 0 spiro atoms. The lowest BCUT2D eigenvalue weighted by Crippen LogP contribution is -1.91. The molecule has 4 rings (SSSR count). The van der Waals surface area contributed by atoms with E-state index in [1.54, 1.807) is 45.1 Å². The topological polar surface area (TPSA) is 34.6 Å². The molecule has 0 fully saturated rings. The van der Waals surface area contributed by atoms with Gasteiger partial charge in [-0.1, -0.05) is 26.0 Å². The van der Waals surface area contributed by atoms with Gasteiger partial charge in [0.2, 0.25) is 0 Å². The minimum Gasteiger partial charge on any atom is -0.236 e. The summed E-state index contributed by atoms with van der Waals surface area (Å²) in [7, 11) is 3.59. The van der Waals surface area contributed by atoms with Crippen LogP contribution in [-0.2, 0) is 0 Å². The van der Waals surface area contributed by atoms with Gasteiger partial charge in [-0.15, -0.1) is 23.5 Å². The fraction of sp³-hybridized carbons (Fsp3) is 0.300. The van der Waals surface area contributed by atoms with Crippen molar-refractivity contribution < 1.29 is 0 Å². The molecule has 0 saturated carbocycles. The molecule has 0 aliphatic carbocycles. The zero-order chi connectivity index (χ0) is 19.7. The minimum atomic E-state index is 1.01. The average molecular weight is 447 g/mol. The van der Waals surface area contributed by atoms with E-state index in [1.165, 1.54) is 20.8 Å². The second-order valence-corrected chi connectivity index (χ2v) is 10.9. The second kappa shape index (κ2) is 8.65. The van der Waals surface area contributed by atoms with Gasteiger partial charge in [-0.05, 0) is 71.2 Å². The van der Waals surface area contributed by atoms with Crippen molar-refractivity contribution in [3.8, 4) is 0 Å². The van der Waals surface area contributed by atoms with Crippen molar-refractivity contribution in [2.75, 3.05) is 11.5 Å². The molecule has 4 aromatic rings. The predicted molar refractivity (Wildman–Crippen MR) is 124 cm³/mol. The van der Waals surface area contributed by atoms with Crippen molar-refractivity contribution >= 4 is 56.1 Å². The van der Waals surface area contributed by atoms with E-state index >= 15 is 0 Å². The molecule has 0 amide bonds. The van der Waals surface area contributed by atoms with Gasteiger partial charge in [0.25, 0.3) is 0 Å². The molecule has 0 atom stereocenters. The number of fused-ring (bicyclic) bond motifs is 2. The SMILES string of the molecule is CCSc1nn2c(C)cccc2c1SSc1c(SCC)nn2c(C)cccc12. The Morgan fingerprint density at radius 3 is 1.54 bits per heavy atom. The van der Waals surface area contributed by atoms with E-state index in [9.17, 15) is 0 Å². The maximum atomic E-state index is 4.86. The number of aromatic nitrogens is 4. The Kier molecular flexibility index (Phi) is 6.20. The lowest BCUT2D eigenvalue weighted by Gasteiger charge is -2.04. The van der Waals surface area contributed by atoms with Crippen LogP contribution in [0.25, 0.3) is 11.0 Å². The third-order valence-electron chi connectivity index (χ3n) is 4.31. The summed E-state index contributed by atoms with van der Waals surface area (Å²) < 4.78 is 4.12. The smallest absolute Gasteiger partial charge is 0.134 e. The molecule has 4 aromatic heterocycles. The van der Waals surface area contributed by atoms with Crippen LogP contribution in [0, 0.1) is 13.8 Å². The van der Waals surface area contributed by atoms with E-state index in [0.717, 1.165) is 32.9 Å². The fourth-order valence-corrected chi connectivity index (χ4v) is 7.60. The van der Waals surface area contributed by atoms with Crippen LogP contribution < -0.4 is 0 Å². The van der Waals surface area contributed by atoms with Gasteiger partial charge in [0.15, 0.2) is 0 Å². The van der Waals surface area contributed by atoms with Gasteiger partial charge < -0.3 is 0 Å². The molecule has 28 heavy (non-hydrogen) atoms. The molecule has 0 bridgehead atoms. The Hall–Kier alpha value is -1.22. The number of pyridine rings is 2. The van der Waals surface area contributed by atoms with Gasteiger partial charge in [0, 0.05) is 11.4 Å². The van der Waals surface area contributed by atoms with E-state index in [2.05, 4.69) is 73.1 Å². The molecule has 0 saturated heterocycles. The number of hydrogen-bond acceptors (Lipinski definition) is 6. The van der Waals surface area contributed by atoms with Crippen LogP contribution in [0.4, 0.5) is 0 Å². The van der Waals surface area contributed by atoms with Crippen molar-refractivity contribution in [1.29, 1.82) is 0 Å². The average Bonchev–Trinajstić information content (AvgIpc) is 3.21. The lowest BCUT2D eigenvalue weighted by atomic mass is 10.3. The molecule has 0 radical (unpaired) electrons. The third kappa shape index (κ3) is 3.67. The minimum absolute atomic E-state index is 1.01. The predicted octanol–water partition coefficient (Wildman–Crippen LogP) is 6.62. The van der Waals surface area contributed by atoms with Crippen LogP contribution in [-0.4, -0.2) is 30.7 Å². The molecule has 4 heterocycles. The maximum Gasteiger partial charge on any atom is 0.134 e. The third-order valence-corrected chi connectivity index (χ3v) is 8.74. The molecular weight excluding hydrogens is 425 g/mol. The molecule has 0 aliphatic heterocycles. The van der Waals surface area contributed by atoms with Crippen LogP contribution in [0.5, 0.6) is 0 Å². The van der Waals surface area contributed by atoms with Crippen molar-refractivity contribution in [1.82, 2.24) is 19.2 Å². The fourth-order valence-electron chi connectivity index (χ4n) is 3.02. The van der Waals surface area contributed by atoms with Crippen LogP contribution in [0.1, 0.15) is 25.2 Å². The van der Waals surface area contributed by atoms with Gasteiger partial charge in [-0.2, -0.15) is 10.2 Å². The van der Waals surface area contributed by atoms with Crippen LogP contribution in [0.2, 0.25) is 0 Å². The zero-order valence-electron chi connectivity index (χ0n) is 16.3. The summed E-state index contributed by atoms with van der Waals surface area (Å²) in [5, 5.41) is 11.9. The summed E-state index contributed by atoms with van der Waals surface area (Å²) in [6.45, 7) is 8.55. The number of nitrogens with zero attached hydrogens (tertiary/aromatic N) is 4. The first kappa shape index (κ1) is 20.1. The van der Waals surface area contributed by atoms with Crippen LogP contribution >= 0.6 is 45.1 Å². The van der Waals surface area contributed by atoms with E-state index in [4.69, 9.17) is 10.2 Å². The largest absolute Gasteiger partial charge is 0.236 e. The number of aryl methyl sites for hydroxylation is 2. The lowest BCUT2D eigenvalue weighted by molar-refractivity contribution is 0.861. The van der Waals surface area contributed by atoms with Crippen LogP contribution in [0.15, 0.2) is 56.2 Å². The highest BCUT2D eigenvalue weighted by Gasteiger charge is 2.19. The first-order chi connectivity index (χ1) is 13.6. The molecule has 0 unspecified atom stereocenters. The van der Waals surface area contributed by atoms with Crippen molar-refractivity contribution in [3.63, 3.8) is 0 Å². The molecule has 146 valence electrons. The second-order valence-electron chi connectivity index (χ2n) is 6.23. The normalized spacial score (nSPS) is 11.7. The highest BCUT2D eigenvalue weighted by molar-refractivity contribution is 8.76. The molecule has 4 nitrogen and oxygen atoms in total. The maximum absolute atomic E-state index is 4.86. The van der Waals surface area contributed by atoms with Crippen molar-refractivity contribution in [2.24, 2.45) is 0 Å². The summed E-state index contributed by atoms with van der Waals surface area (Å²) in [5.41, 5.74) is 4.65. The highest BCUT2D eigenvalue weighted by atomic mass is 33.1. The molecule has 8 heteroatoms. The Labute approximate surface area is 181 Å². The van der Waals surface area contributed by atoms with Gasteiger partial charge in [0.05, 0.1) is 20.8 Å².